The fourth-order valence-corrected chi connectivity index (χ4v) is 3.70. The molecule has 170 valence electrons. The molecular formula is C23H19Cl2FN4O3. The van der Waals surface area contributed by atoms with Gasteiger partial charge in [0, 0.05) is 34.6 Å². The summed E-state index contributed by atoms with van der Waals surface area (Å²) in [5.41, 5.74) is 8.53. The molecule has 3 aromatic rings. The first-order valence-corrected chi connectivity index (χ1v) is 10.2. The second-order valence-electron chi connectivity index (χ2n) is 6.93. The lowest BCUT2D eigenvalue weighted by Crippen LogP contribution is -2.09. The van der Waals surface area contributed by atoms with E-state index >= 15 is 0 Å². The summed E-state index contributed by atoms with van der Waals surface area (Å²) in [6.07, 6.45) is 1.14. The number of benzene rings is 2. The van der Waals surface area contributed by atoms with Crippen molar-refractivity contribution in [2.45, 2.75) is 13.5 Å². The van der Waals surface area contributed by atoms with Gasteiger partial charge in [-0.25, -0.2) is 4.98 Å². The monoisotopic (exact) mass is 488 g/mol. The van der Waals surface area contributed by atoms with Gasteiger partial charge in [0.25, 0.3) is 0 Å². The molecule has 0 bridgehead atoms. The van der Waals surface area contributed by atoms with Gasteiger partial charge in [-0.05, 0) is 30.7 Å². The van der Waals surface area contributed by atoms with Crippen LogP contribution in [0, 0.1) is 29.6 Å². The smallest absolute Gasteiger partial charge is 0.232 e. The molecule has 3 rings (SSSR count). The number of halogens is 3. The Hall–Kier alpha value is -3.54. The van der Waals surface area contributed by atoms with E-state index in [0.29, 0.717) is 33.8 Å². The van der Waals surface area contributed by atoms with Crippen molar-refractivity contribution in [3.63, 3.8) is 0 Å². The zero-order chi connectivity index (χ0) is 24.3. The molecule has 33 heavy (non-hydrogen) atoms. The predicted molar refractivity (Wildman–Crippen MR) is 124 cm³/mol. The van der Waals surface area contributed by atoms with Gasteiger partial charge in [-0.3, -0.25) is 5.41 Å². The van der Waals surface area contributed by atoms with Crippen LogP contribution in [-0.2, 0) is 6.61 Å². The molecule has 10 heteroatoms. The summed E-state index contributed by atoms with van der Waals surface area (Å²) in [7, 11) is 2.91. The summed E-state index contributed by atoms with van der Waals surface area (Å²) in [6, 6.07) is 8.39. The van der Waals surface area contributed by atoms with Crippen LogP contribution >= 0.6 is 23.2 Å². The maximum Gasteiger partial charge on any atom is 0.232 e. The Kier molecular flexibility index (Phi) is 7.26. The first kappa shape index (κ1) is 24.1. The number of methoxy groups -OCH3 is 2. The topological polar surface area (TPSA) is 114 Å². The molecule has 0 aliphatic carbocycles. The number of nitrogens with one attached hydrogen (secondary N) is 1. The van der Waals surface area contributed by atoms with Gasteiger partial charge in [0.15, 0.2) is 11.5 Å². The standard InChI is InChI=1S/C23H19Cl2FN4O3/c1-11-4-12(5-13(8-27)22(11)32-3)21(29)14-6-19(18(31-2)7-17(14)28)33-10-15-16(24)9-30-23(26)20(15)25/h4-7,9,29H,10,28H2,1-3H3. The number of pyridine rings is 1. The van der Waals surface area contributed by atoms with E-state index in [1.807, 2.05) is 0 Å². The fraction of sp³-hybridized carbons (Fsp3) is 0.174. The second kappa shape index (κ2) is 9.94. The normalized spacial score (nSPS) is 10.5. The number of anilines is 1. The summed E-state index contributed by atoms with van der Waals surface area (Å²) in [5, 5.41) is 18.0. The van der Waals surface area contributed by atoms with E-state index in [9.17, 15) is 9.65 Å². The number of nitrogens with two attached hydrogens (primary N) is 1. The Morgan fingerprint density at radius 1 is 1.18 bits per heavy atom. The zero-order valence-electron chi connectivity index (χ0n) is 17.9. The Balaban J connectivity index is 2.01. The number of aryl methyl sites for hydroxylation is 1. The molecule has 3 N–H and O–H groups in total. The molecule has 1 aromatic heterocycles. The van der Waals surface area contributed by atoms with Gasteiger partial charge < -0.3 is 19.9 Å². The lowest BCUT2D eigenvalue weighted by Gasteiger charge is -2.17. The first-order valence-electron chi connectivity index (χ1n) is 9.48. The maximum absolute atomic E-state index is 13.7. The number of rotatable bonds is 7. The van der Waals surface area contributed by atoms with Crippen LogP contribution in [-0.4, -0.2) is 24.9 Å². The molecule has 0 unspecified atom stereocenters. The largest absolute Gasteiger partial charge is 0.495 e. The van der Waals surface area contributed by atoms with Gasteiger partial charge in [0.2, 0.25) is 5.95 Å². The minimum Gasteiger partial charge on any atom is -0.495 e. The lowest BCUT2D eigenvalue weighted by atomic mass is 9.96. The molecule has 0 radical (unpaired) electrons. The van der Waals surface area contributed by atoms with Crippen LogP contribution in [0.3, 0.4) is 0 Å². The van der Waals surface area contributed by atoms with Crippen LogP contribution in [0.1, 0.15) is 27.8 Å². The summed E-state index contributed by atoms with van der Waals surface area (Å²) in [4.78, 5) is 3.46. The number of aromatic nitrogens is 1. The highest BCUT2D eigenvalue weighted by atomic mass is 35.5. The van der Waals surface area contributed by atoms with Crippen molar-refractivity contribution in [3.8, 4) is 23.3 Å². The molecular weight excluding hydrogens is 470 g/mol. The van der Waals surface area contributed by atoms with Crippen molar-refractivity contribution in [2.24, 2.45) is 0 Å². The molecule has 0 saturated heterocycles. The van der Waals surface area contributed by atoms with Crippen LogP contribution in [0.5, 0.6) is 17.2 Å². The molecule has 0 aliphatic heterocycles. The van der Waals surface area contributed by atoms with Crippen LogP contribution in [0.15, 0.2) is 30.5 Å². The summed E-state index contributed by atoms with van der Waals surface area (Å²) < 4.78 is 30.1. The third-order valence-corrected chi connectivity index (χ3v) is 5.60. The molecule has 0 amide bonds. The molecule has 0 saturated carbocycles. The van der Waals surface area contributed by atoms with Crippen molar-refractivity contribution >= 4 is 34.6 Å². The summed E-state index contributed by atoms with van der Waals surface area (Å²) in [5.74, 6) is 0.115. The van der Waals surface area contributed by atoms with E-state index in [0.717, 1.165) is 6.20 Å². The number of hydrogen-bond acceptors (Lipinski definition) is 7. The van der Waals surface area contributed by atoms with Crippen molar-refractivity contribution < 1.29 is 18.6 Å². The number of nitrogens with zero attached hydrogens (tertiary/aromatic N) is 2. The van der Waals surface area contributed by atoms with E-state index in [1.165, 1.54) is 26.4 Å². The third kappa shape index (κ3) is 4.80. The molecule has 7 nitrogen and oxygen atoms in total. The van der Waals surface area contributed by atoms with Gasteiger partial charge in [0.1, 0.15) is 23.4 Å². The molecule has 0 aliphatic rings. The average Bonchev–Trinajstić information content (AvgIpc) is 2.80. The molecule has 1 heterocycles. The van der Waals surface area contributed by atoms with E-state index in [1.54, 1.807) is 19.1 Å². The minimum absolute atomic E-state index is 0.0632. The summed E-state index contributed by atoms with van der Waals surface area (Å²) >= 11 is 12.1. The van der Waals surface area contributed by atoms with Crippen LogP contribution in [0.25, 0.3) is 0 Å². The van der Waals surface area contributed by atoms with Gasteiger partial charge in [0.05, 0.1) is 30.5 Å². The first-order chi connectivity index (χ1) is 15.7. The van der Waals surface area contributed by atoms with Crippen LogP contribution in [0.2, 0.25) is 10.0 Å². The lowest BCUT2D eigenvalue weighted by molar-refractivity contribution is 0.284. The van der Waals surface area contributed by atoms with Crippen molar-refractivity contribution in [1.82, 2.24) is 4.98 Å². The van der Waals surface area contributed by atoms with E-state index in [-0.39, 0.29) is 39.4 Å². The Labute approximate surface area is 199 Å². The van der Waals surface area contributed by atoms with Gasteiger partial charge in [-0.15, -0.1) is 0 Å². The van der Waals surface area contributed by atoms with Crippen molar-refractivity contribution in [2.75, 3.05) is 20.0 Å². The molecule has 0 atom stereocenters. The number of hydrogen-bond donors (Lipinski definition) is 2. The second-order valence-corrected chi connectivity index (χ2v) is 7.71. The van der Waals surface area contributed by atoms with Crippen molar-refractivity contribution in [3.05, 3.63) is 74.3 Å². The summed E-state index contributed by atoms with van der Waals surface area (Å²) in [6.45, 7) is 1.61. The Morgan fingerprint density at radius 3 is 2.55 bits per heavy atom. The van der Waals surface area contributed by atoms with Gasteiger partial charge in [-0.1, -0.05) is 23.2 Å². The third-order valence-electron chi connectivity index (χ3n) is 4.89. The minimum atomic E-state index is -0.866. The SMILES string of the molecule is COc1cc(N)c(C(=N)c2cc(C)c(OC)c(C#N)c2)cc1OCc1c(Cl)cnc(F)c1Cl. The van der Waals surface area contributed by atoms with Crippen molar-refractivity contribution in [1.29, 1.82) is 10.7 Å². The maximum atomic E-state index is 13.7. The van der Waals surface area contributed by atoms with Gasteiger partial charge in [-0.2, -0.15) is 9.65 Å². The highest BCUT2D eigenvalue weighted by molar-refractivity contribution is 6.35. The molecule has 0 spiro atoms. The Bertz CT molecular complexity index is 1290. The molecule has 0 fully saturated rings. The highest BCUT2D eigenvalue weighted by Gasteiger charge is 2.19. The number of nitrogen functional groups attached to an aromatic ring is 1. The Morgan fingerprint density at radius 2 is 1.91 bits per heavy atom. The van der Waals surface area contributed by atoms with Crippen LogP contribution in [0.4, 0.5) is 10.1 Å². The zero-order valence-corrected chi connectivity index (χ0v) is 19.4. The van der Waals surface area contributed by atoms with E-state index in [4.69, 9.17) is 48.6 Å². The number of nitriles is 1. The van der Waals surface area contributed by atoms with E-state index in [2.05, 4.69) is 11.1 Å². The predicted octanol–water partition coefficient (Wildman–Crippen LogP) is 5.30. The quantitative estimate of drug-likeness (QED) is 0.264. The number of ether oxygens (including phenoxy) is 3. The molecule has 2 aromatic carbocycles. The van der Waals surface area contributed by atoms with Crippen LogP contribution < -0.4 is 19.9 Å². The average molecular weight is 489 g/mol. The van der Waals surface area contributed by atoms with Gasteiger partial charge >= 0.3 is 0 Å². The van der Waals surface area contributed by atoms with E-state index < -0.39 is 5.95 Å². The highest BCUT2D eigenvalue weighted by Crippen LogP contribution is 2.36. The fourth-order valence-electron chi connectivity index (χ4n) is 3.25.